The van der Waals surface area contributed by atoms with E-state index in [9.17, 15) is 4.39 Å². The Kier molecular flexibility index (Phi) is 5.37. The molecule has 0 fully saturated rings. The lowest BCUT2D eigenvalue weighted by atomic mass is 10.0. The van der Waals surface area contributed by atoms with Crippen LogP contribution in [0.1, 0.15) is 32.4 Å². The minimum Gasteiger partial charge on any atom is -0.329 e. The molecule has 1 rings (SSSR count). The zero-order chi connectivity index (χ0) is 13.0. The second-order valence-electron chi connectivity index (χ2n) is 4.35. The van der Waals surface area contributed by atoms with Gasteiger partial charge in [-0.1, -0.05) is 24.6 Å². The molecule has 0 aliphatic heterocycles. The molecule has 4 heteroatoms. The maximum atomic E-state index is 13.1. The maximum Gasteiger partial charge on any atom is 0.141 e. The Balaban J connectivity index is 3.03. The third-order valence-electron chi connectivity index (χ3n) is 2.98. The van der Waals surface area contributed by atoms with Crippen LogP contribution >= 0.6 is 11.6 Å². The van der Waals surface area contributed by atoms with E-state index in [1.807, 2.05) is 0 Å². The van der Waals surface area contributed by atoms with Gasteiger partial charge in [0.25, 0.3) is 0 Å². The van der Waals surface area contributed by atoms with E-state index in [-0.39, 0.29) is 11.1 Å². The van der Waals surface area contributed by atoms with Gasteiger partial charge in [0.05, 0.1) is 5.02 Å². The lowest BCUT2D eigenvalue weighted by molar-refractivity contribution is 0.166. The molecule has 96 valence electrons. The predicted molar refractivity (Wildman–Crippen MR) is 70.7 cm³/mol. The van der Waals surface area contributed by atoms with Crippen molar-refractivity contribution in [3.8, 4) is 0 Å². The zero-order valence-electron chi connectivity index (χ0n) is 10.6. The number of rotatable bonds is 5. The van der Waals surface area contributed by atoms with Gasteiger partial charge in [-0.05, 0) is 38.1 Å². The van der Waals surface area contributed by atoms with Crippen molar-refractivity contribution in [3.05, 3.63) is 34.6 Å². The molecule has 2 nitrogen and oxygen atoms in total. The van der Waals surface area contributed by atoms with Crippen molar-refractivity contribution >= 4 is 11.6 Å². The van der Waals surface area contributed by atoms with E-state index in [2.05, 4.69) is 25.7 Å². The number of hydrogen-bond acceptors (Lipinski definition) is 2. The summed E-state index contributed by atoms with van der Waals surface area (Å²) in [4.78, 5) is 2.27. The van der Waals surface area contributed by atoms with Crippen molar-refractivity contribution < 1.29 is 4.39 Å². The molecule has 0 saturated heterocycles. The summed E-state index contributed by atoms with van der Waals surface area (Å²) in [7, 11) is 0. The Morgan fingerprint density at radius 1 is 1.41 bits per heavy atom. The van der Waals surface area contributed by atoms with Gasteiger partial charge in [-0.2, -0.15) is 0 Å². The summed E-state index contributed by atoms with van der Waals surface area (Å²) < 4.78 is 13.1. The molecule has 0 bridgehead atoms. The van der Waals surface area contributed by atoms with Gasteiger partial charge in [0.2, 0.25) is 0 Å². The highest BCUT2D eigenvalue weighted by Crippen LogP contribution is 2.25. The van der Waals surface area contributed by atoms with Crippen molar-refractivity contribution in [2.75, 3.05) is 13.1 Å². The average molecular weight is 259 g/mol. The van der Waals surface area contributed by atoms with Crippen LogP contribution in [0, 0.1) is 5.82 Å². The molecular formula is C13H20ClFN2. The van der Waals surface area contributed by atoms with Crippen LogP contribution in [0.2, 0.25) is 5.02 Å². The van der Waals surface area contributed by atoms with Crippen LogP contribution in [-0.2, 0) is 0 Å². The molecule has 1 atom stereocenters. The largest absolute Gasteiger partial charge is 0.329 e. The number of nitrogens with zero attached hydrogens (tertiary/aromatic N) is 1. The first-order valence-corrected chi connectivity index (χ1v) is 6.29. The molecule has 0 amide bonds. The highest BCUT2D eigenvalue weighted by Gasteiger charge is 2.20. The monoisotopic (exact) mass is 258 g/mol. The molecule has 0 aliphatic carbocycles. The smallest absolute Gasteiger partial charge is 0.141 e. The van der Waals surface area contributed by atoms with Crippen LogP contribution in [0.25, 0.3) is 0 Å². The van der Waals surface area contributed by atoms with Gasteiger partial charge >= 0.3 is 0 Å². The quantitative estimate of drug-likeness (QED) is 0.879. The molecule has 0 heterocycles. The van der Waals surface area contributed by atoms with E-state index in [1.165, 1.54) is 6.07 Å². The maximum absolute atomic E-state index is 13.1. The van der Waals surface area contributed by atoms with Crippen LogP contribution in [-0.4, -0.2) is 24.0 Å². The highest BCUT2D eigenvalue weighted by atomic mass is 35.5. The lowest BCUT2D eigenvalue weighted by Crippen LogP contribution is -2.38. The van der Waals surface area contributed by atoms with Crippen LogP contribution < -0.4 is 5.73 Å². The second kappa shape index (κ2) is 6.34. The average Bonchev–Trinajstić information content (AvgIpc) is 2.29. The summed E-state index contributed by atoms with van der Waals surface area (Å²) in [6, 6.07) is 5.29. The van der Waals surface area contributed by atoms with Gasteiger partial charge in [-0.25, -0.2) is 4.39 Å². The van der Waals surface area contributed by atoms with Gasteiger partial charge in [0.15, 0.2) is 0 Å². The minimum atomic E-state index is -0.390. The first-order chi connectivity index (χ1) is 8.01. The van der Waals surface area contributed by atoms with Crippen LogP contribution in [0.3, 0.4) is 0 Å². The molecule has 1 unspecified atom stereocenters. The first-order valence-electron chi connectivity index (χ1n) is 5.92. The first kappa shape index (κ1) is 14.4. The SMILES string of the molecule is CCN(C(C)C)C(CN)c1ccc(F)c(Cl)c1. The molecule has 17 heavy (non-hydrogen) atoms. The van der Waals surface area contributed by atoms with E-state index in [4.69, 9.17) is 17.3 Å². The molecule has 1 aromatic carbocycles. The van der Waals surface area contributed by atoms with Crippen molar-refractivity contribution in [2.45, 2.75) is 32.9 Å². The van der Waals surface area contributed by atoms with Gasteiger partial charge in [0, 0.05) is 18.6 Å². The Bertz CT molecular complexity index is 368. The summed E-state index contributed by atoms with van der Waals surface area (Å²) in [5.74, 6) is -0.390. The fraction of sp³-hybridized carbons (Fsp3) is 0.538. The summed E-state index contributed by atoms with van der Waals surface area (Å²) in [6.45, 7) is 7.73. The van der Waals surface area contributed by atoms with Crippen molar-refractivity contribution in [2.24, 2.45) is 5.73 Å². The van der Waals surface area contributed by atoms with Gasteiger partial charge in [-0.3, -0.25) is 4.90 Å². The Morgan fingerprint density at radius 3 is 2.47 bits per heavy atom. The fourth-order valence-electron chi connectivity index (χ4n) is 2.13. The Hall–Kier alpha value is -0.640. The molecule has 1 aromatic rings. The molecule has 0 spiro atoms. The van der Waals surface area contributed by atoms with Crippen LogP contribution in [0.4, 0.5) is 4.39 Å². The molecular weight excluding hydrogens is 239 g/mol. The number of hydrogen-bond donors (Lipinski definition) is 1. The van der Waals surface area contributed by atoms with Gasteiger partial charge in [-0.15, -0.1) is 0 Å². The van der Waals surface area contributed by atoms with E-state index < -0.39 is 5.82 Å². The molecule has 2 N–H and O–H groups in total. The topological polar surface area (TPSA) is 29.3 Å². The third kappa shape index (κ3) is 3.41. The van der Waals surface area contributed by atoms with Crippen LogP contribution in [0.15, 0.2) is 18.2 Å². The fourth-order valence-corrected chi connectivity index (χ4v) is 2.32. The summed E-state index contributed by atoms with van der Waals surface area (Å²) in [5, 5.41) is 0.153. The molecule has 0 saturated carbocycles. The zero-order valence-corrected chi connectivity index (χ0v) is 11.3. The third-order valence-corrected chi connectivity index (χ3v) is 3.27. The summed E-state index contributed by atoms with van der Waals surface area (Å²) in [6.07, 6.45) is 0. The van der Waals surface area contributed by atoms with E-state index in [0.29, 0.717) is 12.6 Å². The normalized spacial score (nSPS) is 13.4. The van der Waals surface area contributed by atoms with Gasteiger partial charge in [0.1, 0.15) is 5.82 Å². The molecule has 0 aliphatic rings. The predicted octanol–water partition coefficient (Wildman–Crippen LogP) is 3.21. The van der Waals surface area contributed by atoms with E-state index >= 15 is 0 Å². The molecule has 0 radical (unpaired) electrons. The highest BCUT2D eigenvalue weighted by molar-refractivity contribution is 6.30. The molecule has 0 aromatic heterocycles. The summed E-state index contributed by atoms with van der Waals surface area (Å²) in [5.41, 5.74) is 6.80. The number of benzene rings is 1. The van der Waals surface area contributed by atoms with E-state index in [0.717, 1.165) is 12.1 Å². The Morgan fingerprint density at radius 2 is 2.06 bits per heavy atom. The van der Waals surface area contributed by atoms with Gasteiger partial charge < -0.3 is 5.73 Å². The number of nitrogens with two attached hydrogens (primary N) is 1. The summed E-state index contributed by atoms with van der Waals surface area (Å²) >= 11 is 5.81. The van der Waals surface area contributed by atoms with Crippen molar-refractivity contribution in [3.63, 3.8) is 0 Å². The Labute approximate surface area is 108 Å². The number of halogens is 2. The number of likely N-dealkylation sites (N-methyl/N-ethyl adjacent to an activating group) is 1. The van der Waals surface area contributed by atoms with Crippen LogP contribution in [0.5, 0.6) is 0 Å². The lowest BCUT2D eigenvalue weighted by Gasteiger charge is -2.33. The minimum absolute atomic E-state index is 0.0816. The van der Waals surface area contributed by atoms with Crippen molar-refractivity contribution in [1.82, 2.24) is 4.90 Å². The second-order valence-corrected chi connectivity index (χ2v) is 4.76. The standard InChI is InChI=1S/C13H20ClFN2/c1-4-17(9(2)3)13(8-16)10-5-6-12(15)11(14)7-10/h5-7,9,13H,4,8,16H2,1-3H3. The van der Waals surface area contributed by atoms with E-state index in [1.54, 1.807) is 12.1 Å². The van der Waals surface area contributed by atoms with Crippen molar-refractivity contribution in [1.29, 1.82) is 0 Å².